The van der Waals surface area contributed by atoms with Crippen LogP contribution in [0.5, 0.6) is 0 Å². The molecule has 1 amide bonds. The summed E-state index contributed by atoms with van der Waals surface area (Å²) in [6.45, 7) is 2.18. The van der Waals surface area contributed by atoms with Crippen molar-refractivity contribution in [2.75, 3.05) is 11.4 Å². The van der Waals surface area contributed by atoms with Gasteiger partial charge in [-0.25, -0.2) is 18.5 Å². The number of anilines is 1. The fourth-order valence-corrected chi connectivity index (χ4v) is 4.45. The van der Waals surface area contributed by atoms with E-state index in [2.05, 4.69) is 10.1 Å². The van der Waals surface area contributed by atoms with Crippen molar-refractivity contribution in [1.29, 1.82) is 0 Å². The van der Waals surface area contributed by atoms with Gasteiger partial charge in [-0.1, -0.05) is 41.6 Å². The molecule has 1 aliphatic heterocycles. The first-order valence-corrected chi connectivity index (χ1v) is 11.2. The Morgan fingerprint density at radius 2 is 1.90 bits per heavy atom. The third-order valence-corrected chi connectivity index (χ3v) is 6.35. The third-order valence-electron chi connectivity index (χ3n) is 5.44. The molecule has 156 valence electrons. The van der Waals surface area contributed by atoms with Crippen molar-refractivity contribution >= 4 is 32.7 Å². The second kappa shape index (κ2) is 7.00. The summed E-state index contributed by atoms with van der Waals surface area (Å²) in [4.78, 5) is 19.7. The summed E-state index contributed by atoms with van der Waals surface area (Å²) in [5, 5.41) is 9.82. The van der Waals surface area contributed by atoms with Gasteiger partial charge >= 0.3 is 0 Å². The molecule has 2 aromatic carbocycles. The quantitative estimate of drug-likeness (QED) is 0.529. The molecular formula is C22H18N4O4S. The van der Waals surface area contributed by atoms with E-state index in [-0.39, 0.29) is 16.5 Å². The van der Waals surface area contributed by atoms with Gasteiger partial charge < -0.3 is 9.42 Å². The SMILES string of the molecule is Cc1noc2nc(-c3ccccc3)cc(C(=O)N3CCc4ccc(S(N)(=O)=O)cc43)c12. The normalized spacial score (nSPS) is 13.5. The van der Waals surface area contributed by atoms with Crippen LogP contribution in [-0.4, -0.2) is 31.0 Å². The lowest BCUT2D eigenvalue weighted by Crippen LogP contribution is -2.29. The summed E-state index contributed by atoms with van der Waals surface area (Å²) in [5.41, 5.74) is 4.09. The number of carbonyl (C=O) groups excluding carboxylic acids is 1. The summed E-state index contributed by atoms with van der Waals surface area (Å²) in [6.07, 6.45) is 0.619. The Bertz CT molecular complexity index is 1450. The molecule has 0 spiro atoms. The summed E-state index contributed by atoms with van der Waals surface area (Å²) in [6, 6.07) is 15.8. The number of hydrogen-bond acceptors (Lipinski definition) is 6. The summed E-state index contributed by atoms with van der Waals surface area (Å²) in [5.74, 6) is -0.277. The zero-order valence-electron chi connectivity index (χ0n) is 16.6. The van der Waals surface area contributed by atoms with Crippen LogP contribution in [0.15, 0.2) is 64.0 Å². The van der Waals surface area contributed by atoms with Gasteiger partial charge in [0.1, 0.15) is 0 Å². The van der Waals surface area contributed by atoms with E-state index in [0.29, 0.717) is 41.0 Å². The average Bonchev–Trinajstić information content (AvgIpc) is 3.36. The van der Waals surface area contributed by atoms with Crippen LogP contribution in [0, 0.1) is 6.92 Å². The number of primary sulfonamides is 1. The van der Waals surface area contributed by atoms with Gasteiger partial charge in [-0.3, -0.25) is 4.79 Å². The third kappa shape index (κ3) is 3.28. The fraction of sp³-hybridized carbons (Fsp3) is 0.136. The van der Waals surface area contributed by atoms with E-state index in [9.17, 15) is 13.2 Å². The monoisotopic (exact) mass is 434 g/mol. The van der Waals surface area contributed by atoms with Crippen LogP contribution in [0.1, 0.15) is 21.6 Å². The van der Waals surface area contributed by atoms with Crippen molar-refractivity contribution in [3.8, 4) is 11.3 Å². The van der Waals surface area contributed by atoms with Gasteiger partial charge in [0.25, 0.3) is 11.6 Å². The number of fused-ring (bicyclic) bond motifs is 2. The number of hydrogen-bond donors (Lipinski definition) is 1. The van der Waals surface area contributed by atoms with Crippen LogP contribution >= 0.6 is 0 Å². The number of nitrogens with two attached hydrogens (primary N) is 1. The van der Waals surface area contributed by atoms with Gasteiger partial charge in [0.15, 0.2) is 0 Å². The number of benzene rings is 2. The van der Waals surface area contributed by atoms with Crippen LogP contribution in [0.25, 0.3) is 22.4 Å². The van der Waals surface area contributed by atoms with Crippen LogP contribution in [-0.2, 0) is 16.4 Å². The van der Waals surface area contributed by atoms with Crippen molar-refractivity contribution in [2.24, 2.45) is 5.14 Å². The average molecular weight is 434 g/mol. The highest BCUT2D eigenvalue weighted by atomic mass is 32.2. The molecule has 0 saturated heterocycles. The molecule has 0 atom stereocenters. The van der Waals surface area contributed by atoms with Gasteiger partial charge in [0.2, 0.25) is 10.0 Å². The second-order valence-electron chi connectivity index (χ2n) is 7.41. The van der Waals surface area contributed by atoms with Gasteiger partial charge in [0.05, 0.1) is 27.2 Å². The lowest BCUT2D eigenvalue weighted by atomic mass is 10.0. The van der Waals surface area contributed by atoms with Crippen molar-refractivity contribution in [3.63, 3.8) is 0 Å². The number of amides is 1. The molecule has 0 aliphatic carbocycles. The van der Waals surface area contributed by atoms with E-state index in [1.54, 1.807) is 24.0 Å². The van der Waals surface area contributed by atoms with E-state index in [1.165, 1.54) is 12.1 Å². The number of sulfonamides is 1. The lowest BCUT2D eigenvalue weighted by molar-refractivity contribution is 0.0990. The second-order valence-corrected chi connectivity index (χ2v) is 8.97. The molecule has 0 saturated carbocycles. The highest BCUT2D eigenvalue weighted by molar-refractivity contribution is 7.89. The topological polar surface area (TPSA) is 119 Å². The summed E-state index contributed by atoms with van der Waals surface area (Å²) < 4.78 is 29.0. The minimum atomic E-state index is -3.89. The van der Waals surface area contributed by atoms with Gasteiger partial charge in [-0.05, 0) is 37.1 Å². The first kappa shape index (κ1) is 19.4. The molecule has 2 N–H and O–H groups in total. The maximum absolute atomic E-state index is 13.7. The molecule has 2 aromatic heterocycles. The van der Waals surface area contributed by atoms with Crippen molar-refractivity contribution in [1.82, 2.24) is 10.1 Å². The van der Waals surface area contributed by atoms with Crippen LogP contribution in [0.2, 0.25) is 0 Å². The summed E-state index contributed by atoms with van der Waals surface area (Å²) >= 11 is 0. The number of aromatic nitrogens is 2. The number of aryl methyl sites for hydroxylation is 1. The Morgan fingerprint density at radius 3 is 2.65 bits per heavy atom. The predicted molar refractivity (Wildman–Crippen MR) is 115 cm³/mol. The first-order valence-electron chi connectivity index (χ1n) is 9.63. The Hall–Kier alpha value is -3.56. The molecule has 0 bridgehead atoms. The number of pyridine rings is 1. The Labute approximate surface area is 178 Å². The van der Waals surface area contributed by atoms with E-state index in [1.807, 2.05) is 30.3 Å². The highest BCUT2D eigenvalue weighted by Crippen LogP contribution is 2.34. The fourth-order valence-electron chi connectivity index (χ4n) is 3.91. The molecule has 0 radical (unpaired) electrons. The molecule has 0 fully saturated rings. The predicted octanol–water partition coefficient (Wildman–Crippen LogP) is 3.05. The molecule has 0 unspecified atom stereocenters. The van der Waals surface area contributed by atoms with Crippen molar-refractivity contribution in [3.05, 3.63) is 71.4 Å². The van der Waals surface area contributed by atoms with E-state index < -0.39 is 10.0 Å². The highest BCUT2D eigenvalue weighted by Gasteiger charge is 2.30. The summed E-state index contributed by atoms with van der Waals surface area (Å²) in [7, 11) is -3.89. The Morgan fingerprint density at radius 1 is 1.13 bits per heavy atom. The molecule has 4 aromatic rings. The smallest absolute Gasteiger partial charge is 0.259 e. The molecule has 9 heteroatoms. The zero-order valence-corrected chi connectivity index (χ0v) is 17.4. The number of carbonyl (C=O) groups is 1. The largest absolute Gasteiger partial charge is 0.335 e. The zero-order chi connectivity index (χ0) is 21.8. The van der Waals surface area contributed by atoms with Crippen molar-refractivity contribution < 1.29 is 17.7 Å². The lowest BCUT2D eigenvalue weighted by Gasteiger charge is -2.19. The standard InChI is InChI=1S/C22H18N4O4S/c1-13-20-17(12-18(24-21(20)30-25-13)14-5-3-2-4-6-14)22(27)26-10-9-15-7-8-16(11-19(15)26)31(23,28)29/h2-8,11-12H,9-10H2,1H3,(H2,23,28,29). The van der Waals surface area contributed by atoms with Gasteiger partial charge in [-0.2, -0.15) is 0 Å². The maximum Gasteiger partial charge on any atom is 0.259 e. The van der Waals surface area contributed by atoms with Crippen LogP contribution < -0.4 is 10.0 Å². The molecule has 1 aliphatic rings. The molecular weight excluding hydrogens is 416 g/mol. The minimum absolute atomic E-state index is 0.0306. The molecule has 5 rings (SSSR count). The van der Waals surface area contributed by atoms with Gasteiger partial charge in [0, 0.05) is 17.8 Å². The number of rotatable bonds is 3. The first-order chi connectivity index (χ1) is 14.8. The molecule has 8 nitrogen and oxygen atoms in total. The molecule has 3 heterocycles. The Balaban J connectivity index is 1.66. The van der Waals surface area contributed by atoms with Gasteiger partial charge in [-0.15, -0.1) is 0 Å². The van der Waals surface area contributed by atoms with Crippen molar-refractivity contribution in [2.45, 2.75) is 18.2 Å². The Kier molecular flexibility index (Phi) is 4.38. The number of nitrogens with zero attached hydrogens (tertiary/aromatic N) is 3. The molecule has 31 heavy (non-hydrogen) atoms. The van der Waals surface area contributed by atoms with E-state index in [4.69, 9.17) is 9.66 Å². The van der Waals surface area contributed by atoms with E-state index in [0.717, 1.165) is 11.1 Å². The maximum atomic E-state index is 13.7. The van der Waals surface area contributed by atoms with E-state index >= 15 is 0 Å². The van der Waals surface area contributed by atoms with Crippen LogP contribution in [0.3, 0.4) is 0 Å². The van der Waals surface area contributed by atoms with Crippen LogP contribution in [0.4, 0.5) is 5.69 Å². The minimum Gasteiger partial charge on any atom is -0.335 e.